The maximum Gasteiger partial charge on any atom is 0.263 e. The monoisotopic (exact) mass is 293 g/mol. The highest BCUT2D eigenvalue weighted by Gasteiger charge is 2.14. The van der Waals surface area contributed by atoms with Gasteiger partial charge in [-0.1, -0.05) is 6.07 Å². The normalized spacial score (nSPS) is 10.9. The van der Waals surface area contributed by atoms with Crippen LogP contribution in [0.25, 0.3) is 0 Å². The molecule has 1 heterocycles. The molecule has 0 amide bonds. The first kappa shape index (κ1) is 14.1. The van der Waals surface area contributed by atoms with Crippen LogP contribution in [-0.2, 0) is 10.0 Å². The van der Waals surface area contributed by atoms with Crippen LogP contribution in [0.1, 0.15) is 0 Å². The molecule has 1 aromatic carbocycles. The number of hydrogen-bond acceptors (Lipinski definition) is 5. The van der Waals surface area contributed by atoms with Gasteiger partial charge in [0.05, 0.1) is 12.8 Å². The fourth-order valence-electron chi connectivity index (χ4n) is 1.59. The summed E-state index contributed by atoms with van der Waals surface area (Å²) in [5.41, 5.74) is 0.432. The van der Waals surface area contributed by atoms with Gasteiger partial charge in [-0.3, -0.25) is 4.72 Å². The Morgan fingerprint density at radius 1 is 1.20 bits per heavy atom. The van der Waals surface area contributed by atoms with Crippen molar-refractivity contribution in [1.29, 1.82) is 0 Å². The molecule has 2 aromatic rings. The molecule has 6 nitrogen and oxygen atoms in total. The molecule has 0 atom stereocenters. The summed E-state index contributed by atoms with van der Waals surface area (Å²) in [6.45, 7) is 0. The van der Waals surface area contributed by atoms with E-state index in [4.69, 9.17) is 4.74 Å². The third-order valence-corrected chi connectivity index (χ3v) is 3.99. The van der Waals surface area contributed by atoms with Crippen molar-refractivity contribution in [3.8, 4) is 5.75 Å². The fraction of sp³-hybridized carbons (Fsp3) is 0.154. The van der Waals surface area contributed by atoms with E-state index in [1.54, 1.807) is 37.4 Å². The number of hydrogen-bond donors (Lipinski definition) is 2. The van der Waals surface area contributed by atoms with Gasteiger partial charge in [-0.15, -0.1) is 0 Å². The summed E-state index contributed by atoms with van der Waals surface area (Å²) in [6, 6.07) is 9.78. The standard InChI is InChI=1S/C13H15N3O3S/c1-14-13-7-6-12(9-15-13)20(17,18)16-10-4-3-5-11(8-10)19-2/h3-9,16H,1-2H3,(H,14,15). The van der Waals surface area contributed by atoms with Crippen LogP contribution in [0.3, 0.4) is 0 Å². The number of methoxy groups -OCH3 is 1. The Morgan fingerprint density at radius 3 is 2.60 bits per heavy atom. The average Bonchev–Trinajstić information content (AvgIpc) is 2.47. The molecule has 7 heteroatoms. The van der Waals surface area contributed by atoms with E-state index in [0.29, 0.717) is 17.3 Å². The van der Waals surface area contributed by atoms with Crippen LogP contribution >= 0.6 is 0 Å². The van der Waals surface area contributed by atoms with E-state index in [0.717, 1.165) is 0 Å². The molecule has 0 spiro atoms. The molecular formula is C13H15N3O3S. The molecule has 20 heavy (non-hydrogen) atoms. The maximum atomic E-state index is 12.2. The Kier molecular flexibility index (Phi) is 4.09. The lowest BCUT2D eigenvalue weighted by molar-refractivity contribution is 0.415. The van der Waals surface area contributed by atoms with Crippen LogP contribution < -0.4 is 14.8 Å². The molecule has 2 rings (SSSR count). The number of pyridine rings is 1. The second-order valence-corrected chi connectivity index (χ2v) is 5.65. The van der Waals surface area contributed by atoms with Crippen molar-refractivity contribution in [3.05, 3.63) is 42.6 Å². The van der Waals surface area contributed by atoms with Crippen molar-refractivity contribution in [2.24, 2.45) is 0 Å². The van der Waals surface area contributed by atoms with Gasteiger partial charge >= 0.3 is 0 Å². The predicted octanol–water partition coefficient (Wildman–Crippen LogP) is 1.93. The van der Waals surface area contributed by atoms with Crippen LogP contribution in [0, 0.1) is 0 Å². The quantitative estimate of drug-likeness (QED) is 0.880. The average molecular weight is 293 g/mol. The lowest BCUT2D eigenvalue weighted by atomic mass is 10.3. The smallest absolute Gasteiger partial charge is 0.263 e. The summed E-state index contributed by atoms with van der Waals surface area (Å²) in [7, 11) is -0.424. The molecule has 0 aliphatic heterocycles. The molecule has 0 saturated carbocycles. The molecule has 0 bridgehead atoms. The molecule has 0 aliphatic carbocycles. The summed E-state index contributed by atoms with van der Waals surface area (Å²) in [5, 5.41) is 2.83. The zero-order valence-corrected chi connectivity index (χ0v) is 11.9. The van der Waals surface area contributed by atoms with Crippen molar-refractivity contribution >= 4 is 21.5 Å². The number of benzene rings is 1. The van der Waals surface area contributed by atoms with Gasteiger partial charge in [0.25, 0.3) is 10.0 Å². The number of ether oxygens (including phenoxy) is 1. The number of rotatable bonds is 5. The summed E-state index contributed by atoms with van der Waals surface area (Å²) in [6.07, 6.45) is 1.30. The number of anilines is 2. The van der Waals surface area contributed by atoms with Gasteiger partial charge in [0, 0.05) is 19.3 Å². The third kappa shape index (κ3) is 3.18. The van der Waals surface area contributed by atoms with E-state index in [1.165, 1.54) is 19.4 Å². The molecule has 0 fully saturated rings. The second-order valence-electron chi connectivity index (χ2n) is 3.97. The van der Waals surface area contributed by atoms with Gasteiger partial charge < -0.3 is 10.1 Å². The fourth-order valence-corrected chi connectivity index (χ4v) is 2.58. The SMILES string of the molecule is CNc1ccc(S(=O)(=O)Nc2cccc(OC)c2)cn1. The zero-order chi connectivity index (χ0) is 14.6. The van der Waals surface area contributed by atoms with E-state index in [1.807, 2.05) is 0 Å². The Labute approximate surface area is 117 Å². The molecular weight excluding hydrogens is 278 g/mol. The first-order valence-electron chi connectivity index (χ1n) is 5.86. The van der Waals surface area contributed by atoms with Gasteiger partial charge in [0.15, 0.2) is 0 Å². The van der Waals surface area contributed by atoms with E-state index in [2.05, 4.69) is 15.0 Å². The Bertz CT molecular complexity index is 684. The Hall–Kier alpha value is -2.28. The minimum atomic E-state index is -3.66. The summed E-state index contributed by atoms with van der Waals surface area (Å²) >= 11 is 0. The van der Waals surface area contributed by atoms with Crippen molar-refractivity contribution in [3.63, 3.8) is 0 Å². The highest BCUT2D eigenvalue weighted by atomic mass is 32.2. The van der Waals surface area contributed by atoms with E-state index in [9.17, 15) is 8.42 Å². The van der Waals surface area contributed by atoms with Crippen molar-refractivity contribution in [1.82, 2.24) is 4.98 Å². The Balaban J connectivity index is 2.25. The third-order valence-electron chi connectivity index (χ3n) is 2.62. The predicted molar refractivity (Wildman–Crippen MR) is 77.6 cm³/mol. The van der Waals surface area contributed by atoms with Crippen LogP contribution in [0.2, 0.25) is 0 Å². The van der Waals surface area contributed by atoms with Crippen molar-refractivity contribution in [2.45, 2.75) is 4.90 Å². The molecule has 1 aromatic heterocycles. The van der Waals surface area contributed by atoms with Gasteiger partial charge in [0.2, 0.25) is 0 Å². The van der Waals surface area contributed by atoms with Crippen LogP contribution in [0.15, 0.2) is 47.5 Å². The number of nitrogens with one attached hydrogen (secondary N) is 2. The first-order chi connectivity index (χ1) is 9.55. The topological polar surface area (TPSA) is 80.3 Å². The first-order valence-corrected chi connectivity index (χ1v) is 7.34. The minimum absolute atomic E-state index is 0.0966. The largest absolute Gasteiger partial charge is 0.497 e. The van der Waals surface area contributed by atoms with E-state index < -0.39 is 10.0 Å². The number of nitrogens with zero attached hydrogens (tertiary/aromatic N) is 1. The molecule has 0 unspecified atom stereocenters. The van der Waals surface area contributed by atoms with Crippen LogP contribution in [-0.4, -0.2) is 27.6 Å². The molecule has 106 valence electrons. The van der Waals surface area contributed by atoms with Crippen LogP contribution in [0.4, 0.5) is 11.5 Å². The van der Waals surface area contributed by atoms with Gasteiger partial charge in [-0.25, -0.2) is 13.4 Å². The molecule has 0 radical (unpaired) electrons. The Morgan fingerprint density at radius 2 is 2.00 bits per heavy atom. The molecule has 0 saturated heterocycles. The highest BCUT2D eigenvalue weighted by Crippen LogP contribution is 2.20. The maximum absolute atomic E-state index is 12.2. The van der Waals surface area contributed by atoms with Crippen molar-refractivity contribution < 1.29 is 13.2 Å². The minimum Gasteiger partial charge on any atom is -0.497 e. The van der Waals surface area contributed by atoms with Gasteiger partial charge in [-0.2, -0.15) is 0 Å². The lowest BCUT2D eigenvalue weighted by Crippen LogP contribution is -2.13. The lowest BCUT2D eigenvalue weighted by Gasteiger charge is -2.09. The number of aromatic nitrogens is 1. The highest BCUT2D eigenvalue weighted by molar-refractivity contribution is 7.92. The zero-order valence-electron chi connectivity index (χ0n) is 11.1. The second kappa shape index (κ2) is 5.79. The van der Waals surface area contributed by atoms with E-state index in [-0.39, 0.29) is 4.90 Å². The van der Waals surface area contributed by atoms with E-state index >= 15 is 0 Å². The van der Waals surface area contributed by atoms with Crippen LogP contribution in [0.5, 0.6) is 5.75 Å². The number of sulfonamides is 1. The molecule has 0 aliphatic rings. The van der Waals surface area contributed by atoms with Crippen molar-refractivity contribution in [2.75, 3.05) is 24.2 Å². The summed E-state index contributed by atoms with van der Waals surface area (Å²) in [4.78, 5) is 4.08. The summed E-state index contributed by atoms with van der Waals surface area (Å²) in [5.74, 6) is 1.18. The molecule has 2 N–H and O–H groups in total. The van der Waals surface area contributed by atoms with Gasteiger partial charge in [-0.05, 0) is 24.3 Å². The van der Waals surface area contributed by atoms with Gasteiger partial charge in [0.1, 0.15) is 16.5 Å². The summed E-state index contributed by atoms with van der Waals surface area (Å²) < 4.78 is 31.9.